The van der Waals surface area contributed by atoms with Gasteiger partial charge in [0, 0.05) is 16.3 Å². The lowest BCUT2D eigenvalue weighted by Crippen LogP contribution is -1.82. The summed E-state index contributed by atoms with van der Waals surface area (Å²) in [4.78, 5) is 0. The number of benzene rings is 4. The van der Waals surface area contributed by atoms with Crippen molar-refractivity contribution in [3.63, 3.8) is 0 Å². The van der Waals surface area contributed by atoms with E-state index in [1.165, 1.54) is 0 Å². The minimum absolute atomic E-state index is 0.238. The maximum Gasteiger partial charge on any atom is 0.142 e. The predicted octanol–water partition coefficient (Wildman–Crippen LogP) is 5.82. The van der Waals surface area contributed by atoms with Gasteiger partial charge in [-0.05, 0) is 52.1 Å². The second kappa shape index (κ2) is 5.02. The molecule has 4 aromatic carbocycles. The van der Waals surface area contributed by atoms with Gasteiger partial charge in [0.2, 0.25) is 0 Å². The number of aromatic hydroxyl groups is 2. The second-order valence-corrected chi connectivity index (χ2v) is 6.18. The Kier molecular flexibility index (Phi) is 2.80. The molecule has 3 nitrogen and oxygen atoms in total. The Labute approximate surface area is 143 Å². The molecule has 0 spiro atoms. The van der Waals surface area contributed by atoms with Gasteiger partial charge in [0.15, 0.2) is 0 Å². The van der Waals surface area contributed by atoms with Gasteiger partial charge in [0.05, 0.1) is 6.26 Å². The molecule has 25 heavy (non-hydrogen) atoms. The molecule has 0 saturated carbocycles. The van der Waals surface area contributed by atoms with E-state index in [4.69, 9.17) is 4.42 Å². The van der Waals surface area contributed by atoms with Gasteiger partial charge in [0.1, 0.15) is 17.1 Å². The summed E-state index contributed by atoms with van der Waals surface area (Å²) >= 11 is 0. The van der Waals surface area contributed by atoms with E-state index < -0.39 is 0 Å². The molecule has 1 heterocycles. The highest BCUT2D eigenvalue weighted by atomic mass is 16.3. The number of rotatable bonds is 1. The smallest absolute Gasteiger partial charge is 0.142 e. The standard InChI is InChI=1S/C22H14O3/c23-14-7-5-13(6-8-14)20-12-25-22-18-10-9-15(24)11-19(18)16-3-1-2-4-17(16)21(20)22/h1-12,23-24H. The summed E-state index contributed by atoms with van der Waals surface area (Å²) in [5.41, 5.74) is 2.78. The third-order valence-electron chi connectivity index (χ3n) is 4.70. The Hall–Kier alpha value is -3.46. The maximum absolute atomic E-state index is 9.92. The van der Waals surface area contributed by atoms with Crippen molar-refractivity contribution in [1.29, 1.82) is 0 Å². The monoisotopic (exact) mass is 326 g/mol. The molecule has 0 bridgehead atoms. The van der Waals surface area contributed by atoms with Crippen LogP contribution in [-0.2, 0) is 0 Å². The fourth-order valence-corrected chi connectivity index (χ4v) is 3.57. The van der Waals surface area contributed by atoms with Gasteiger partial charge in [-0.1, -0.05) is 36.4 Å². The number of hydrogen-bond donors (Lipinski definition) is 2. The minimum atomic E-state index is 0.238. The van der Waals surface area contributed by atoms with Gasteiger partial charge in [-0.15, -0.1) is 0 Å². The number of fused-ring (bicyclic) bond motifs is 6. The van der Waals surface area contributed by atoms with Crippen LogP contribution >= 0.6 is 0 Å². The van der Waals surface area contributed by atoms with Gasteiger partial charge >= 0.3 is 0 Å². The quantitative estimate of drug-likeness (QED) is 0.382. The van der Waals surface area contributed by atoms with Gasteiger partial charge in [0.25, 0.3) is 0 Å². The van der Waals surface area contributed by atoms with E-state index in [2.05, 4.69) is 12.1 Å². The summed E-state index contributed by atoms with van der Waals surface area (Å²) < 4.78 is 5.95. The first-order valence-electron chi connectivity index (χ1n) is 8.06. The molecule has 0 saturated heterocycles. The lowest BCUT2D eigenvalue weighted by Gasteiger charge is -2.08. The molecule has 0 fully saturated rings. The summed E-state index contributed by atoms with van der Waals surface area (Å²) in [6, 6.07) is 20.6. The summed E-state index contributed by atoms with van der Waals surface area (Å²) in [7, 11) is 0. The highest BCUT2D eigenvalue weighted by Gasteiger charge is 2.16. The van der Waals surface area contributed by atoms with Crippen LogP contribution < -0.4 is 0 Å². The lowest BCUT2D eigenvalue weighted by molar-refractivity contribution is 0.475. The van der Waals surface area contributed by atoms with E-state index in [0.29, 0.717) is 0 Å². The van der Waals surface area contributed by atoms with Crippen molar-refractivity contribution in [2.24, 2.45) is 0 Å². The number of hydrogen-bond acceptors (Lipinski definition) is 3. The van der Waals surface area contributed by atoms with Crippen molar-refractivity contribution in [2.75, 3.05) is 0 Å². The Bertz CT molecular complexity index is 1250. The van der Waals surface area contributed by atoms with Crippen LogP contribution in [0.3, 0.4) is 0 Å². The fourth-order valence-electron chi connectivity index (χ4n) is 3.57. The first kappa shape index (κ1) is 13.9. The van der Waals surface area contributed by atoms with Crippen molar-refractivity contribution < 1.29 is 14.6 Å². The highest BCUT2D eigenvalue weighted by molar-refractivity contribution is 6.27. The summed E-state index contributed by atoms with van der Waals surface area (Å²) in [6.07, 6.45) is 1.76. The van der Waals surface area contributed by atoms with E-state index in [0.717, 1.165) is 43.6 Å². The molecule has 0 amide bonds. The topological polar surface area (TPSA) is 53.6 Å². The molecule has 0 aliphatic heterocycles. The Morgan fingerprint density at radius 1 is 0.640 bits per heavy atom. The molecule has 2 N–H and O–H groups in total. The molecule has 3 heteroatoms. The van der Waals surface area contributed by atoms with E-state index in [1.807, 2.05) is 30.3 Å². The molecule has 0 radical (unpaired) electrons. The number of furan rings is 1. The van der Waals surface area contributed by atoms with Crippen LogP contribution in [0.1, 0.15) is 0 Å². The summed E-state index contributed by atoms with van der Waals surface area (Å²) in [6.45, 7) is 0. The predicted molar refractivity (Wildman–Crippen MR) is 100.0 cm³/mol. The molecule has 5 aromatic rings. The molecule has 0 unspecified atom stereocenters. The van der Waals surface area contributed by atoms with E-state index in [9.17, 15) is 10.2 Å². The van der Waals surface area contributed by atoms with Crippen LogP contribution in [0.15, 0.2) is 77.4 Å². The average Bonchev–Trinajstić information content (AvgIpc) is 3.08. The van der Waals surface area contributed by atoms with E-state index in [1.54, 1.807) is 30.5 Å². The van der Waals surface area contributed by atoms with Crippen molar-refractivity contribution in [3.05, 3.63) is 73.0 Å². The molecule has 0 atom stereocenters. The second-order valence-electron chi connectivity index (χ2n) is 6.18. The Balaban J connectivity index is 1.99. The molecule has 1 aromatic heterocycles. The molecule has 120 valence electrons. The summed E-state index contributed by atoms with van der Waals surface area (Å²) in [5.74, 6) is 0.477. The van der Waals surface area contributed by atoms with Crippen LogP contribution in [-0.4, -0.2) is 10.2 Å². The minimum Gasteiger partial charge on any atom is -0.508 e. The maximum atomic E-state index is 9.92. The van der Waals surface area contributed by atoms with Gasteiger partial charge in [-0.3, -0.25) is 0 Å². The van der Waals surface area contributed by atoms with Crippen LogP contribution in [0.25, 0.3) is 43.6 Å². The molecular formula is C22H14O3. The fraction of sp³-hybridized carbons (Fsp3) is 0. The summed E-state index contributed by atoms with van der Waals surface area (Å²) in [5, 5.41) is 24.6. The zero-order valence-electron chi connectivity index (χ0n) is 13.2. The van der Waals surface area contributed by atoms with E-state index in [-0.39, 0.29) is 11.5 Å². The van der Waals surface area contributed by atoms with Crippen molar-refractivity contribution in [2.45, 2.75) is 0 Å². The van der Waals surface area contributed by atoms with Crippen LogP contribution in [0.2, 0.25) is 0 Å². The van der Waals surface area contributed by atoms with Crippen molar-refractivity contribution in [1.82, 2.24) is 0 Å². The zero-order valence-corrected chi connectivity index (χ0v) is 13.2. The van der Waals surface area contributed by atoms with Gasteiger partial charge < -0.3 is 14.6 Å². The van der Waals surface area contributed by atoms with Crippen LogP contribution in [0.4, 0.5) is 0 Å². The SMILES string of the molecule is Oc1ccc(-c2coc3c4ccc(O)cc4c4ccccc4c23)cc1. The molecule has 0 aliphatic carbocycles. The first-order chi connectivity index (χ1) is 12.2. The van der Waals surface area contributed by atoms with Crippen LogP contribution in [0.5, 0.6) is 11.5 Å². The average molecular weight is 326 g/mol. The van der Waals surface area contributed by atoms with Gasteiger partial charge in [-0.25, -0.2) is 0 Å². The highest BCUT2D eigenvalue weighted by Crippen LogP contribution is 2.42. The van der Waals surface area contributed by atoms with Crippen molar-refractivity contribution in [3.8, 4) is 22.6 Å². The molecule has 0 aliphatic rings. The third kappa shape index (κ3) is 1.99. The number of phenols is 2. The normalized spacial score (nSPS) is 11.5. The van der Waals surface area contributed by atoms with Gasteiger partial charge in [-0.2, -0.15) is 0 Å². The lowest BCUT2D eigenvalue weighted by atomic mass is 9.94. The third-order valence-corrected chi connectivity index (χ3v) is 4.70. The Morgan fingerprint density at radius 2 is 1.36 bits per heavy atom. The number of phenolic OH excluding ortho intramolecular Hbond substituents is 2. The largest absolute Gasteiger partial charge is 0.508 e. The van der Waals surface area contributed by atoms with Crippen molar-refractivity contribution >= 4 is 32.5 Å². The zero-order chi connectivity index (χ0) is 17.0. The van der Waals surface area contributed by atoms with Crippen LogP contribution in [0, 0.1) is 0 Å². The molecular weight excluding hydrogens is 312 g/mol. The first-order valence-corrected chi connectivity index (χ1v) is 8.06. The molecule has 5 rings (SSSR count). The Morgan fingerprint density at radius 3 is 2.16 bits per heavy atom. The van der Waals surface area contributed by atoms with E-state index >= 15 is 0 Å².